The van der Waals surface area contributed by atoms with Gasteiger partial charge in [-0.25, -0.2) is 0 Å². The van der Waals surface area contributed by atoms with E-state index in [0.717, 1.165) is 37.8 Å². The van der Waals surface area contributed by atoms with Crippen molar-refractivity contribution in [3.63, 3.8) is 0 Å². The summed E-state index contributed by atoms with van der Waals surface area (Å²) < 4.78 is 0. The average Bonchev–Trinajstić information content (AvgIpc) is 2.40. The lowest BCUT2D eigenvalue weighted by molar-refractivity contribution is -0.121. The summed E-state index contributed by atoms with van der Waals surface area (Å²) in [7, 11) is 0. The van der Waals surface area contributed by atoms with Crippen LogP contribution in [-0.4, -0.2) is 11.9 Å². The maximum atomic E-state index is 12.1. The lowest BCUT2D eigenvalue weighted by Gasteiger charge is -2.27. The molecule has 0 heterocycles. The predicted molar refractivity (Wildman–Crippen MR) is 74.4 cm³/mol. The highest BCUT2D eigenvalue weighted by atomic mass is 16.1. The van der Waals surface area contributed by atoms with E-state index in [-0.39, 0.29) is 17.9 Å². The Morgan fingerprint density at radius 1 is 1.28 bits per heavy atom. The first kappa shape index (κ1) is 13.1. The zero-order valence-corrected chi connectivity index (χ0v) is 11.0. The fraction of sp³-hybridized carbons (Fsp3) is 0.533. The molecular formula is C15H22N2O. The van der Waals surface area contributed by atoms with Gasteiger partial charge >= 0.3 is 0 Å². The normalized spacial score (nSPS) is 23.7. The van der Waals surface area contributed by atoms with Crippen molar-refractivity contribution in [3.8, 4) is 0 Å². The number of nitrogens with one attached hydrogen (secondary N) is 1. The maximum Gasteiger partial charge on any atom is 0.229 e. The third-order valence-electron chi connectivity index (χ3n) is 3.79. The van der Waals surface area contributed by atoms with E-state index >= 15 is 0 Å². The SMILES string of the molecule is CCc1ccc(NC(=O)C2CCCCC2N)cc1. The molecule has 0 radical (unpaired) electrons. The van der Waals surface area contributed by atoms with Crippen LogP contribution in [0.5, 0.6) is 0 Å². The third-order valence-corrected chi connectivity index (χ3v) is 3.79. The average molecular weight is 246 g/mol. The van der Waals surface area contributed by atoms with Crippen molar-refractivity contribution in [2.45, 2.75) is 45.1 Å². The smallest absolute Gasteiger partial charge is 0.229 e. The topological polar surface area (TPSA) is 55.1 Å². The first-order chi connectivity index (χ1) is 8.70. The van der Waals surface area contributed by atoms with Gasteiger partial charge in [0.15, 0.2) is 0 Å². The van der Waals surface area contributed by atoms with E-state index < -0.39 is 0 Å². The molecule has 3 heteroatoms. The Morgan fingerprint density at radius 3 is 2.56 bits per heavy atom. The second kappa shape index (κ2) is 6.01. The number of rotatable bonds is 3. The predicted octanol–water partition coefficient (Wildman–Crippen LogP) is 2.71. The van der Waals surface area contributed by atoms with Gasteiger partial charge in [0.05, 0.1) is 5.92 Å². The van der Waals surface area contributed by atoms with E-state index in [1.54, 1.807) is 0 Å². The van der Waals surface area contributed by atoms with Crippen LogP contribution in [0.15, 0.2) is 24.3 Å². The van der Waals surface area contributed by atoms with E-state index in [4.69, 9.17) is 5.73 Å². The highest BCUT2D eigenvalue weighted by molar-refractivity contribution is 5.93. The molecule has 1 aromatic rings. The molecule has 0 aliphatic heterocycles. The van der Waals surface area contributed by atoms with Crippen LogP contribution in [0.3, 0.4) is 0 Å². The summed E-state index contributed by atoms with van der Waals surface area (Å²) >= 11 is 0. The van der Waals surface area contributed by atoms with Crippen molar-refractivity contribution in [1.29, 1.82) is 0 Å². The van der Waals surface area contributed by atoms with Crippen LogP contribution < -0.4 is 11.1 Å². The van der Waals surface area contributed by atoms with Crippen LogP contribution in [-0.2, 0) is 11.2 Å². The molecule has 1 aliphatic carbocycles. The molecule has 0 aromatic heterocycles. The second-order valence-corrected chi connectivity index (χ2v) is 5.09. The number of nitrogens with two attached hydrogens (primary N) is 1. The van der Waals surface area contributed by atoms with Crippen molar-refractivity contribution >= 4 is 11.6 Å². The van der Waals surface area contributed by atoms with Gasteiger partial charge < -0.3 is 11.1 Å². The highest BCUT2D eigenvalue weighted by Crippen LogP contribution is 2.24. The molecule has 1 aromatic carbocycles. The van der Waals surface area contributed by atoms with Crippen LogP contribution in [0, 0.1) is 5.92 Å². The minimum atomic E-state index is -0.0235. The third kappa shape index (κ3) is 3.10. The van der Waals surface area contributed by atoms with Crippen LogP contribution in [0.25, 0.3) is 0 Å². The quantitative estimate of drug-likeness (QED) is 0.861. The Balaban J connectivity index is 1.97. The number of carbonyl (C=O) groups excluding carboxylic acids is 1. The Labute approximate surface area is 109 Å². The van der Waals surface area contributed by atoms with E-state index in [0.29, 0.717) is 0 Å². The molecule has 2 atom stereocenters. The molecular weight excluding hydrogens is 224 g/mol. The Kier molecular flexibility index (Phi) is 4.37. The molecule has 2 unspecified atom stereocenters. The van der Waals surface area contributed by atoms with Crippen molar-refractivity contribution < 1.29 is 4.79 Å². The van der Waals surface area contributed by atoms with Gasteiger partial charge in [0, 0.05) is 11.7 Å². The molecule has 1 fully saturated rings. The molecule has 1 saturated carbocycles. The van der Waals surface area contributed by atoms with E-state index in [1.165, 1.54) is 5.56 Å². The maximum absolute atomic E-state index is 12.1. The number of carbonyl (C=O) groups is 1. The number of hydrogen-bond acceptors (Lipinski definition) is 2. The summed E-state index contributed by atoms with van der Waals surface area (Å²) in [5.74, 6) is 0.0519. The van der Waals surface area contributed by atoms with Gasteiger partial charge in [-0.1, -0.05) is 31.9 Å². The van der Waals surface area contributed by atoms with Crippen molar-refractivity contribution in [1.82, 2.24) is 0 Å². The molecule has 3 N–H and O–H groups in total. The highest BCUT2D eigenvalue weighted by Gasteiger charge is 2.28. The van der Waals surface area contributed by atoms with Gasteiger partial charge in [-0.3, -0.25) is 4.79 Å². The van der Waals surface area contributed by atoms with E-state index in [1.807, 2.05) is 12.1 Å². The molecule has 98 valence electrons. The van der Waals surface area contributed by atoms with Gasteiger partial charge in [-0.05, 0) is 37.0 Å². The Morgan fingerprint density at radius 2 is 1.94 bits per heavy atom. The monoisotopic (exact) mass is 246 g/mol. The zero-order chi connectivity index (χ0) is 13.0. The van der Waals surface area contributed by atoms with Crippen molar-refractivity contribution in [2.75, 3.05) is 5.32 Å². The summed E-state index contributed by atoms with van der Waals surface area (Å²) in [6, 6.07) is 8.05. The van der Waals surface area contributed by atoms with Crippen molar-refractivity contribution in [3.05, 3.63) is 29.8 Å². The summed E-state index contributed by atoms with van der Waals surface area (Å²) in [6.45, 7) is 2.12. The molecule has 0 saturated heterocycles. The second-order valence-electron chi connectivity index (χ2n) is 5.09. The van der Waals surface area contributed by atoms with Crippen LogP contribution in [0.1, 0.15) is 38.2 Å². The van der Waals surface area contributed by atoms with E-state index in [2.05, 4.69) is 24.4 Å². The minimum absolute atomic E-state index is 0.0219. The number of benzene rings is 1. The summed E-state index contributed by atoms with van der Waals surface area (Å²) in [5.41, 5.74) is 8.17. The minimum Gasteiger partial charge on any atom is -0.327 e. The summed E-state index contributed by atoms with van der Waals surface area (Å²) in [4.78, 5) is 12.1. The molecule has 1 amide bonds. The van der Waals surface area contributed by atoms with Gasteiger partial charge in [0.2, 0.25) is 5.91 Å². The van der Waals surface area contributed by atoms with Gasteiger partial charge in [-0.2, -0.15) is 0 Å². The molecule has 1 aliphatic rings. The summed E-state index contributed by atoms with van der Waals surface area (Å²) in [6.07, 6.45) is 5.16. The van der Waals surface area contributed by atoms with Crippen LogP contribution in [0.2, 0.25) is 0 Å². The van der Waals surface area contributed by atoms with Gasteiger partial charge in [0.1, 0.15) is 0 Å². The Hall–Kier alpha value is -1.35. The number of aryl methyl sites for hydroxylation is 1. The largest absolute Gasteiger partial charge is 0.327 e. The Bertz CT molecular complexity index is 399. The standard InChI is InChI=1S/C15H22N2O/c1-2-11-7-9-12(10-8-11)17-15(18)13-5-3-4-6-14(13)16/h7-10,13-14H,2-6,16H2,1H3,(H,17,18). The summed E-state index contributed by atoms with van der Waals surface area (Å²) in [5, 5.41) is 2.97. The lowest BCUT2D eigenvalue weighted by atomic mass is 9.84. The molecule has 3 nitrogen and oxygen atoms in total. The number of amides is 1. The number of hydrogen-bond donors (Lipinski definition) is 2. The van der Waals surface area contributed by atoms with Crippen LogP contribution >= 0.6 is 0 Å². The molecule has 2 rings (SSSR count). The first-order valence-electron chi connectivity index (χ1n) is 6.86. The zero-order valence-electron chi connectivity index (χ0n) is 11.0. The van der Waals surface area contributed by atoms with E-state index in [9.17, 15) is 4.79 Å². The number of anilines is 1. The molecule has 18 heavy (non-hydrogen) atoms. The first-order valence-corrected chi connectivity index (χ1v) is 6.86. The fourth-order valence-corrected chi connectivity index (χ4v) is 2.54. The molecule has 0 bridgehead atoms. The molecule has 0 spiro atoms. The van der Waals surface area contributed by atoms with Crippen LogP contribution in [0.4, 0.5) is 5.69 Å². The van der Waals surface area contributed by atoms with Gasteiger partial charge in [0.25, 0.3) is 0 Å². The fourth-order valence-electron chi connectivity index (χ4n) is 2.54. The lowest BCUT2D eigenvalue weighted by Crippen LogP contribution is -2.40. The van der Waals surface area contributed by atoms with Crippen molar-refractivity contribution in [2.24, 2.45) is 11.7 Å². The van der Waals surface area contributed by atoms with Gasteiger partial charge in [-0.15, -0.1) is 0 Å².